The van der Waals surface area contributed by atoms with E-state index in [1.54, 1.807) is 0 Å². The number of fused-ring (bicyclic) bond motifs is 1. The largest absolute Gasteiger partial charge is 0.493 e. The van der Waals surface area contributed by atoms with Crippen molar-refractivity contribution in [3.63, 3.8) is 0 Å². The van der Waals surface area contributed by atoms with Crippen LogP contribution in [0.25, 0.3) is 0 Å². The Balaban J connectivity index is 2.04. The number of carbonyl (C=O) groups excluding carboxylic acids is 1. The molecular weight excluding hydrogens is 378 g/mol. The molecule has 0 saturated heterocycles. The van der Waals surface area contributed by atoms with Gasteiger partial charge in [0.05, 0.1) is 36.2 Å². The molecule has 2 aromatic carbocycles. The Morgan fingerprint density at radius 1 is 0.964 bits per heavy atom. The predicted molar refractivity (Wildman–Crippen MR) is 93.4 cm³/mol. The van der Waals surface area contributed by atoms with Crippen molar-refractivity contribution in [1.29, 1.82) is 0 Å². The van der Waals surface area contributed by atoms with E-state index in [4.69, 9.17) is 18.9 Å². The summed E-state index contributed by atoms with van der Waals surface area (Å²) in [7, 11) is 2.59. The van der Waals surface area contributed by atoms with E-state index in [9.17, 15) is 25.0 Å². The van der Waals surface area contributed by atoms with E-state index in [0.29, 0.717) is 0 Å². The fraction of sp³-hybridized carbons (Fsp3) is 0.188. The summed E-state index contributed by atoms with van der Waals surface area (Å²) in [6.45, 7) is -0.120. The first-order chi connectivity index (χ1) is 13.3. The molecule has 1 aliphatic heterocycles. The maximum atomic E-state index is 12.7. The van der Waals surface area contributed by atoms with Crippen LogP contribution in [-0.4, -0.2) is 36.8 Å². The van der Waals surface area contributed by atoms with Crippen molar-refractivity contribution in [2.45, 2.75) is 0 Å². The van der Waals surface area contributed by atoms with Gasteiger partial charge in [0.2, 0.25) is 6.79 Å². The smallest absolute Gasteiger partial charge is 0.296 e. The Labute approximate surface area is 156 Å². The van der Waals surface area contributed by atoms with Crippen LogP contribution in [0.2, 0.25) is 0 Å². The Kier molecular flexibility index (Phi) is 4.85. The van der Waals surface area contributed by atoms with Gasteiger partial charge in [0.15, 0.2) is 23.0 Å². The lowest BCUT2D eigenvalue weighted by atomic mass is 10.1. The van der Waals surface area contributed by atoms with Gasteiger partial charge in [-0.25, -0.2) is 0 Å². The van der Waals surface area contributed by atoms with Gasteiger partial charge < -0.3 is 24.3 Å². The summed E-state index contributed by atoms with van der Waals surface area (Å²) < 4.78 is 20.3. The number of hydrogen-bond donors (Lipinski definition) is 1. The highest BCUT2D eigenvalue weighted by Gasteiger charge is 2.28. The summed E-state index contributed by atoms with van der Waals surface area (Å²) in [6, 6.07) is 4.46. The van der Waals surface area contributed by atoms with Crippen molar-refractivity contribution in [2.75, 3.05) is 26.3 Å². The van der Waals surface area contributed by atoms with Gasteiger partial charge in [0.25, 0.3) is 17.3 Å². The molecule has 1 heterocycles. The summed E-state index contributed by atoms with van der Waals surface area (Å²) in [5, 5.41) is 25.0. The molecule has 146 valence electrons. The molecule has 0 radical (unpaired) electrons. The summed E-state index contributed by atoms with van der Waals surface area (Å²) in [5.41, 5.74) is -1.59. The summed E-state index contributed by atoms with van der Waals surface area (Å²) in [6.07, 6.45) is 0. The lowest BCUT2D eigenvalue weighted by molar-refractivity contribution is -0.385. The number of benzene rings is 2. The molecule has 0 bridgehead atoms. The van der Waals surface area contributed by atoms with Gasteiger partial charge in [0.1, 0.15) is 11.3 Å². The van der Waals surface area contributed by atoms with E-state index in [0.717, 1.165) is 18.2 Å². The molecule has 0 aromatic heterocycles. The van der Waals surface area contributed by atoms with Crippen LogP contribution < -0.4 is 24.3 Å². The number of nitrogens with zero attached hydrogens (tertiary/aromatic N) is 2. The van der Waals surface area contributed by atoms with Crippen LogP contribution in [0.1, 0.15) is 10.4 Å². The molecule has 28 heavy (non-hydrogen) atoms. The highest BCUT2D eigenvalue weighted by Crippen LogP contribution is 2.41. The van der Waals surface area contributed by atoms with E-state index in [1.807, 2.05) is 0 Å². The van der Waals surface area contributed by atoms with Gasteiger partial charge in [-0.15, -0.1) is 0 Å². The van der Waals surface area contributed by atoms with Gasteiger partial charge >= 0.3 is 0 Å². The quantitative estimate of drug-likeness (QED) is 0.578. The molecule has 12 nitrogen and oxygen atoms in total. The molecule has 1 amide bonds. The summed E-state index contributed by atoms with van der Waals surface area (Å²) in [5.74, 6) is -0.461. The van der Waals surface area contributed by atoms with Gasteiger partial charge in [-0.05, 0) is 0 Å². The van der Waals surface area contributed by atoms with Crippen molar-refractivity contribution in [2.24, 2.45) is 0 Å². The molecule has 2 aromatic rings. The van der Waals surface area contributed by atoms with Crippen molar-refractivity contribution in [1.82, 2.24) is 0 Å². The van der Waals surface area contributed by atoms with Crippen LogP contribution in [0.3, 0.4) is 0 Å². The lowest BCUT2D eigenvalue weighted by Crippen LogP contribution is -2.15. The second-order valence-electron chi connectivity index (χ2n) is 5.42. The van der Waals surface area contributed by atoms with Crippen molar-refractivity contribution < 1.29 is 33.6 Å². The van der Waals surface area contributed by atoms with Gasteiger partial charge in [-0.1, -0.05) is 0 Å². The highest BCUT2D eigenvalue weighted by atomic mass is 16.7. The summed E-state index contributed by atoms with van der Waals surface area (Å²) in [4.78, 5) is 33.9. The third kappa shape index (κ3) is 3.30. The number of hydrogen-bond acceptors (Lipinski definition) is 9. The first-order valence-electron chi connectivity index (χ1n) is 7.65. The predicted octanol–water partition coefficient (Wildman–Crippen LogP) is 2.50. The molecule has 0 spiro atoms. The van der Waals surface area contributed by atoms with E-state index in [-0.39, 0.29) is 41.0 Å². The standard InChI is InChI=1S/C16H13N3O9/c1-25-12-3-8(10(18(21)22)5-13(12)26-2)16(20)17-9-4-14-15(28-7-27-14)6-11(9)19(23)24/h3-6H,7H2,1-2H3,(H,17,20). The Morgan fingerprint density at radius 3 is 2.11 bits per heavy atom. The van der Waals surface area contributed by atoms with Gasteiger partial charge in [0, 0.05) is 12.1 Å². The molecule has 0 unspecified atom stereocenters. The van der Waals surface area contributed by atoms with E-state index in [1.165, 1.54) is 20.3 Å². The third-order valence-corrected chi connectivity index (χ3v) is 3.88. The first-order valence-corrected chi connectivity index (χ1v) is 7.65. The van der Waals surface area contributed by atoms with Gasteiger partial charge in [-0.3, -0.25) is 25.0 Å². The van der Waals surface area contributed by atoms with Crippen LogP contribution in [0.4, 0.5) is 17.1 Å². The average molecular weight is 391 g/mol. The number of rotatable bonds is 6. The highest BCUT2D eigenvalue weighted by molar-refractivity contribution is 6.08. The number of nitro groups is 2. The zero-order valence-corrected chi connectivity index (χ0v) is 14.6. The zero-order chi connectivity index (χ0) is 20.4. The molecule has 1 aliphatic rings. The maximum absolute atomic E-state index is 12.7. The number of nitro benzene ring substituents is 2. The monoisotopic (exact) mass is 391 g/mol. The number of carbonyl (C=O) groups is 1. The molecule has 0 fully saturated rings. The lowest BCUT2D eigenvalue weighted by Gasteiger charge is -2.11. The molecule has 0 saturated carbocycles. The number of amides is 1. The van der Waals surface area contributed by atoms with E-state index >= 15 is 0 Å². The van der Waals surface area contributed by atoms with Gasteiger partial charge in [-0.2, -0.15) is 0 Å². The molecule has 0 atom stereocenters. The maximum Gasteiger partial charge on any atom is 0.296 e. The number of nitrogens with one attached hydrogen (secondary N) is 1. The van der Waals surface area contributed by atoms with Crippen molar-refractivity contribution >= 4 is 23.0 Å². The minimum absolute atomic E-state index is 0.0554. The van der Waals surface area contributed by atoms with Crippen molar-refractivity contribution in [3.8, 4) is 23.0 Å². The number of methoxy groups -OCH3 is 2. The molecule has 12 heteroatoms. The Hall–Kier alpha value is -4.09. The van der Waals surface area contributed by atoms with Crippen LogP contribution in [0, 0.1) is 20.2 Å². The topological polar surface area (TPSA) is 152 Å². The van der Waals surface area contributed by atoms with E-state index in [2.05, 4.69) is 5.32 Å². The fourth-order valence-electron chi connectivity index (χ4n) is 2.57. The van der Waals surface area contributed by atoms with Crippen LogP contribution >= 0.6 is 0 Å². The SMILES string of the molecule is COc1cc(C(=O)Nc2cc3c(cc2[N+](=O)[O-])OCO3)c([N+](=O)[O-])cc1OC. The molecule has 1 N–H and O–H groups in total. The molecule has 3 rings (SSSR count). The average Bonchev–Trinajstić information content (AvgIpc) is 3.13. The van der Waals surface area contributed by atoms with E-state index < -0.39 is 27.1 Å². The van der Waals surface area contributed by atoms with Crippen LogP contribution in [-0.2, 0) is 0 Å². The number of ether oxygens (including phenoxy) is 4. The Morgan fingerprint density at radius 2 is 1.54 bits per heavy atom. The first kappa shape index (κ1) is 18.7. The van der Waals surface area contributed by atoms with Crippen LogP contribution in [0.15, 0.2) is 24.3 Å². The minimum atomic E-state index is -0.949. The molecule has 0 aliphatic carbocycles. The zero-order valence-electron chi connectivity index (χ0n) is 14.6. The minimum Gasteiger partial charge on any atom is -0.493 e. The molecular formula is C16H13N3O9. The second-order valence-corrected chi connectivity index (χ2v) is 5.42. The van der Waals surface area contributed by atoms with Crippen LogP contribution in [0.5, 0.6) is 23.0 Å². The third-order valence-electron chi connectivity index (χ3n) is 3.88. The summed E-state index contributed by atoms with van der Waals surface area (Å²) >= 11 is 0. The Bertz CT molecular complexity index is 990. The normalized spacial score (nSPS) is 11.6. The fourth-order valence-corrected chi connectivity index (χ4v) is 2.57. The van der Waals surface area contributed by atoms with Crippen molar-refractivity contribution in [3.05, 3.63) is 50.1 Å². The second kappa shape index (κ2) is 7.26. The number of anilines is 1.